The Morgan fingerprint density at radius 2 is 1.46 bits per heavy atom. The Kier molecular flexibility index (Phi) is 7.56. The summed E-state index contributed by atoms with van der Waals surface area (Å²) in [5.41, 5.74) is 4.09. The molecule has 6 nitrogen and oxygen atoms in total. The van der Waals surface area contributed by atoms with Crippen LogP contribution in [-0.2, 0) is 9.59 Å². The Labute approximate surface area is 220 Å². The summed E-state index contributed by atoms with van der Waals surface area (Å²) in [5.74, 6) is 0.217. The summed E-state index contributed by atoms with van der Waals surface area (Å²) < 4.78 is 0. The second-order valence-electron chi connectivity index (χ2n) is 9.97. The molecule has 1 saturated heterocycles. The van der Waals surface area contributed by atoms with Gasteiger partial charge in [-0.2, -0.15) is 0 Å². The topological polar surface area (TPSA) is 47.1 Å². The minimum Gasteiger partial charge on any atom is -0.369 e. The standard InChI is InChI=1S/C31H36N4O2/c1-3-30(36)34-24(2)22-29(27-16-10-11-17-28(27)34)35(26-14-8-5-9-15-26)31(37)23-32-18-20-33(21-19-32)25-12-6-4-7-13-25/h4-17,24,29H,3,18-23H2,1-2H3/t24-,29+/m1/s1. The molecule has 2 aliphatic rings. The van der Waals surface area contributed by atoms with Crippen molar-refractivity contribution < 1.29 is 9.59 Å². The number of piperazine rings is 1. The number of fused-ring (bicyclic) bond motifs is 1. The van der Waals surface area contributed by atoms with Gasteiger partial charge in [0.05, 0.1) is 12.6 Å². The summed E-state index contributed by atoms with van der Waals surface area (Å²) in [6, 6.07) is 28.4. The normalized spacial score (nSPS) is 19.8. The molecule has 2 amide bonds. The van der Waals surface area contributed by atoms with E-state index in [0.717, 1.165) is 43.1 Å². The average Bonchev–Trinajstić information content (AvgIpc) is 2.94. The average molecular weight is 497 g/mol. The number of carbonyl (C=O) groups is 2. The maximum atomic E-state index is 14.0. The summed E-state index contributed by atoms with van der Waals surface area (Å²) in [6.07, 6.45) is 1.16. The van der Waals surface area contributed by atoms with Gasteiger partial charge in [0.25, 0.3) is 0 Å². The summed E-state index contributed by atoms with van der Waals surface area (Å²) in [7, 11) is 0. The van der Waals surface area contributed by atoms with Crippen LogP contribution in [0.15, 0.2) is 84.9 Å². The number of anilines is 3. The van der Waals surface area contributed by atoms with Crippen LogP contribution in [0.1, 0.15) is 38.3 Å². The number of amides is 2. The molecule has 0 aromatic heterocycles. The van der Waals surface area contributed by atoms with Gasteiger partial charge in [0, 0.05) is 55.7 Å². The molecule has 3 aromatic rings. The van der Waals surface area contributed by atoms with Gasteiger partial charge in [-0.3, -0.25) is 14.5 Å². The predicted molar refractivity (Wildman–Crippen MR) is 150 cm³/mol. The fraction of sp³-hybridized carbons (Fsp3) is 0.355. The van der Waals surface area contributed by atoms with Crippen LogP contribution in [0, 0.1) is 0 Å². The van der Waals surface area contributed by atoms with E-state index in [1.807, 2.05) is 71.3 Å². The number of rotatable bonds is 6. The molecule has 2 aliphatic heterocycles. The highest BCUT2D eigenvalue weighted by Gasteiger charge is 2.38. The van der Waals surface area contributed by atoms with Crippen LogP contribution in [0.5, 0.6) is 0 Å². The quantitative estimate of drug-likeness (QED) is 0.475. The molecule has 0 N–H and O–H groups in total. The monoisotopic (exact) mass is 496 g/mol. The number of hydrogen-bond acceptors (Lipinski definition) is 4. The minimum absolute atomic E-state index is 0.000722. The zero-order valence-corrected chi connectivity index (χ0v) is 21.8. The van der Waals surface area contributed by atoms with Crippen LogP contribution in [0.4, 0.5) is 17.1 Å². The second kappa shape index (κ2) is 11.2. The smallest absolute Gasteiger partial charge is 0.241 e. The van der Waals surface area contributed by atoms with Crippen LogP contribution in [0.25, 0.3) is 0 Å². The lowest BCUT2D eigenvalue weighted by atomic mass is 9.89. The van der Waals surface area contributed by atoms with E-state index >= 15 is 0 Å². The number of carbonyl (C=O) groups excluding carboxylic acids is 2. The lowest BCUT2D eigenvalue weighted by Crippen LogP contribution is -2.52. The maximum Gasteiger partial charge on any atom is 0.241 e. The molecule has 0 spiro atoms. The molecule has 2 atom stereocenters. The van der Waals surface area contributed by atoms with Gasteiger partial charge in [-0.1, -0.05) is 61.5 Å². The Morgan fingerprint density at radius 1 is 0.838 bits per heavy atom. The number of para-hydroxylation sites is 3. The highest BCUT2D eigenvalue weighted by Crippen LogP contribution is 2.42. The van der Waals surface area contributed by atoms with Gasteiger partial charge in [-0.25, -0.2) is 0 Å². The van der Waals surface area contributed by atoms with Crippen molar-refractivity contribution in [3.8, 4) is 0 Å². The van der Waals surface area contributed by atoms with Gasteiger partial charge in [0.1, 0.15) is 0 Å². The minimum atomic E-state index is -0.132. The van der Waals surface area contributed by atoms with E-state index in [2.05, 4.69) is 47.1 Å². The summed E-state index contributed by atoms with van der Waals surface area (Å²) >= 11 is 0. The molecule has 3 aromatic carbocycles. The molecule has 192 valence electrons. The fourth-order valence-electron chi connectivity index (χ4n) is 5.73. The van der Waals surface area contributed by atoms with Crippen molar-refractivity contribution in [1.29, 1.82) is 0 Å². The largest absolute Gasteiger partial charge is 0.369 e. The van der Waals surface area contributed by atoms with E-state index in [0.29, 0.717) is 19.4 Å². The van der Waals surface area contributed by atoms with E-state index in [4.69, 9.17) is 0 Å². The van der Waals surface area contributed by atoms with E-state index in [1.165, 1.54) is 5.69 Å². The molecule has 5 rings (SSSR count). The predicted octanol–water partition coefficient (Wildman–Crippen LogP) is 5.12. The van der Waals surface area contributed by atoms with Crippen molar-refractivity contribution in [2.75, 3.05) is 47.4 Å². The van der Waals surface area contributed by atoms with Crippen molar-refractivity contribution in [3.63, 3.8) is 0 Å². The Morgan fingerprint density at radius 3 is 2.14 bits per heavy atom. The van der Waals surface area contributed by atoms with Crippen LogP contribution in [-0.4, -0.2) is 55.5 Å². The first-order valence-corrected chi connectivity index (χ1v) is 13.4. The molecular formula is C31H36N4O2. The molecule has 6 heteroatoms. The molecule has 2 heterocycles. The fourth-order valence-corrected chi connectivity index (χ4v) is 5.73. The van der Waals surface area contributed by atoms with E-state index in [1.54, 1.807) is 0 Å². The molecule has 37 heavy (non-hydrogen) atoms. The first-order valence-electron chi connectivity index (χ1n) is 13.4. The van der Waals surface area contributed by atoms with E-state index in [9.17, 15) is 9.59 Å². The first-order chi connectivity index (χ1) is 18.1. The molecule has 0 aliphatic carbocycles. The third-order valence-corrected chi connectivity index (χ3v) is 7.60. The molecule has 0 unspecified atom stereocenters. The van der Waals surface area contributed by atoms with Gasteiger partial charge in [0.15, 0.2) is 0 Å². The summed E-state index contributed by atoms with van der Waals surface area (Å²) in [4.78, 5) is 35.4. The molecule has 0 bridgehead atoms. The Hall–Kier alpha value is -3.64. The molecule has 0 radical (unpaired) electrons. The maximum absolute atomic E-state index is 14.0. The van der Waals surface area contributed by atoms with Gasteiger partial charge < -0.3 is 14.7 Å². The highest BCUT2D eigenvalue weighted by molar-refractivity contribution is 5.98. The number of benzene rings is 3. The number of nitrogens with zero attached hydrogens (tertiary/aromatic N) is 4. The van der Waals surface area contributed by atoms with Crippen LogP contribution in [0.3, 0.4) is 0 Å². The Balaban J connectivity index is 1.39. The highest BCUT2D eigenvalue weighted by atomic mass is 16.2. The first kappa shape index (κ1) is 25.0. The zero-order valence-electron chi connectivity index (χ0n) is 21.8. The van der Waals surface area contributed by atoms with Crippen LogP contribution in [0.2, 0.25) is 0 Å². The number of hydrogen-bond donors (Lipinski definition) is 0. The molecule has 0 saturated carbocycles. The zero-order chi connectivity index (χ0) is 25.8. The molecular weight excluding hydrogens is 460 g/mol. The Bertz CT molecular complexity index is 1210. The molecule has 1 fully saturated rings. The van der Waals surface area contributed by atoms with Crippen molar-refractivity contribution in [1.82, 2.24) is 4.90 Å². The summed E-state index contributed by atoms with van der Waals surface area (Å²) in [6.45, 7) is 7.87. The van der Waals surface area contributed by atoms with Gasteiger partial charge in [-0.05, 0) is 49.2 Å². The third kappa shape index (κ3) is 5.25. The van der Waals surface area contributed by atoms with Gasteiger partial charge in [0.2, 0.25) is 11.8 Å². The van der Waals surface area contributed by atoms with E-state index in [-0.39, 0.29) is 23.9 Å². The third-order valence-electron chi connectivity index (χ3n) is 7.60. The van der Waals surface area contributed by atoms with Crippen molar-refractivity contribution in [3.05, 3.63) is 90.5 Å². The van der Waals surface area contributed by atoms with Crippen molar-refractivity contribution in [2.24, 2.45) is 0 Å². The van der Waals surface area contributed by atoms with Gasteiger partial charge >= 0.3 is 0 Å². The van der Waals surface area contributed by atoms with Crippen molar-refractivity contribution in [2.45, 2.75) is 38.8 Å². The lowest BCUT2D eigenvalue weighted by Gasteiger charge is -2.44. The lowest BCUT2D eigenvalue weighted by molar-refractivity contribution is -0.120. The van der Waals surface area contributed by atoms with E-state index < -0.39 is 0 Å². The van der Waals surface area contributed by atoms with Crippen LogP contribution >= 0.6 is 0 Å². The van der Waals surface area contributed by atoms with Crippen LogP contribution < -0.4 is 14.7 Å². The second-order valence-corrected chi connectivity index (χ2v) is 9.97. The SMILES string of the molecule is CCC(=O)N1c2ccccc2[C@@H](N(C(=O)CN2CCN(c3ccccc3)CC2)c2ccccc2)C[C@H]1C. The summed E-state index contributed by atoms with van der Waals surface area (Å²) in [5, 5.41) is 0. The van der Waals surface area contributed by atoms with Gasteiger partial charge in [-0.15, -0.1) is 0 Å². The van der Waals surface area contributed by atoms with Crippen molar-refractivity contribution >= 4 is 28.9 Å².